The van der Waals surface area contributed by atoms with Crippen molar-refractivity contribution in [3.8, 4) is 17.6 Å². The third kappa shape index (κ3) is 4.78. The van der Waals surface area contributed by atoms with Crippen LogP contribution in [0.15, 0.2) is 78.4 Å². The first-order chi connectivity index (χ1) is 16.1. The maximum absolute atomic E-state index is 13.1. The van der Waals surface area contributed by atoms with Crippen LogP contribution in [0.25, 0.3) is 6.08 Å². The van der Waals surface area contributed by atoms with Gasteiger partial charge in [-0.1, -0.05) is 42.5 Å². The van der Waals surface area contributed by atoms with Crippen LogP contribution in [0.1, 0.15) is 28.4 Å². The summed E-state index contributed by atoms with van der Waals surface area (Å²) in [7, 11) is 0. The number of para-hydroxylation sites is 1. The molecule has 1 amide bonds. The summed E-state index contributed by atoms with van der Waals surface area (Å²) in [5, 5.41) is 9.67. The number of nitrogens with zero attached hydrogens (tertiary/aromatic N) is 2. The normalized spacial score (nSPS) is 12.6. The van der Waals surface area contributed by atoms with E-state index in [1.807, 2.05) is 43.3 Å². The van der Waals surface area contributed by atoms with Crippen LogP contribution in [0.5, 0.6) is 11.5 Å². The topological polar surface area (TPSA) is 79.6 Å². The van der Waals surface area contributed by atoms with E-state index in [0.717, 1.165) is 17.7 Å². The Labute approximate surface area is 192 Å². The largest absolute Gasteiger partial charge is 0.490 e. The minimum atomic E-state index is -0.500. The number of amides is 1. The van der Waals surface area contributed by atoms with E-state index in [-0.39, 0.29) is 17.2 Å². The molecule has 0 atom stereocenters. The maximum Gasteiger partial charge on any atom is 0.343 e. The summed E-state index contributed by atoms with van der Waals surface area (Å²) in [5.41, 5.74) is 2.96. The van der Waals surface area contributed by atoms with Gasteiger partial charge < -0.3 is 14.4 Å². The monoisotopic (exact) mass is 438 g/mol. The van der Waals surface area contributed by atoms with Gasteiger partial charge in [0.2, 0.25) is 0 Å². The van der Waals surface area contributed by atoms with E-state index in [1.165, 1.54) is 6.08 Å². The molecule has 0 fully saturated rings. The molecule has 1 aliphatic heterocycles. The first-order valence-electron chi connectivity index (χ1n) is 10.7. The summed E-state index contributed by atoms with van der Waals surface area (Å²) in [6.07, 6.45) is 2.28. The highest BCUT2D eigenvalue weighted by Crippen LogP contribution is 2.32. The molecule has 0 bridgehead atoms. The SMILES string of the molecule is CCOc1cc(/C=C(\C#N)C(=O)N2CCc3ccccc32)ccc1OC(=O)c1ccccc1. The van der Waals surface area contributed by atoms with Gasteiger partial charge in [0, 0.05) is 12.2 Å². The second-order valence-electron chi connectivity index (χ2n) is 7.40. The van der Waals surface area contributed by atoms with Gasteiger partial charge in [-0.3, -0.25) is 4.79 Å². The minimum absolute atomic E-state index is 0.0168. The van der Waals surface area contributed by atoms with Crippen LogP contribution in [0.3, 0.4) is 0 Å². The Morgan fingerprint density at radius 2 is 1.79 bits per heavy atom. The predicted octanol–water partition coefficient (Wildman–Crippen LogP) is 4.80. The molecule has 0 radical (unpaired) electrons. The summed E-state index contributed by atoms with van der Waals surface area (Å²) in [6, 6.07) is 23.3. The molecule has 6 nitrogen and oxygen atoms in total. The van der Waals surface area contributed by atoms with Crippen LogP contribution in [-0.2, 0) is 11.2 Å². The fourth-order valence-corrected chi connectivity index (χ4v) is 3.70. The number of hydrogen-bond acceptors (Lipinski definition) is 5. The van der Waals surface area contributed by atoms with Gasteiger partial charge >= 0.3 is 5.97 Å². The molecule has 0 aromatic heterocycles. The van der Waals surface area contributed by atoms with Crippen molar-refractivity contribution in [3.63, 3.8) is 0 Å². The zero-order chi connectivity index (χ0) is 23.2. The highest BCUT2D eigenvalue weighted by molar-refractivity contribution is 6.12. The van der Waals surface area contributed by atoms with Gasteiger partial charge in [0.05, 0.1) is 12.2 Å². The summed E-state index contributed by atoms with van der Waals surface area (Å²) in [5.74, 6) is -0.228. The van der Waals surface area contributed by atoms with Crippen molar-refractivity contribution in [2.45, 2.75) is 13.3 Å². The number of nitriles is 1. The van der Waals surface area contributed by atoms with Crippen LogP contribution >= 0.6 is 0 Å². The molecule has 0 spiro atoms. The molecule has 0 unspecified atom stereocenters. The molecule has 0 N–H and O–H groups in total. The van der Waals surface area contributed by atoms with Gasteiger partial charge in [0.25, 0.3) is 5.91 Å². The average molecular weight is 438 g/mol. The fraction of sp³-hybridized carbons (Fsp3) is 0.148. The second kappa shape index (κ2) is 9.84. The second-order valence-corrected chi connectivity index (χ2v) is 7.40. The van der Waals surface area contributed by atoms with Gasteiger partial charge in [-0.25, -0.2) is 4.79 Å². The Hall–Kier alpha value is -4.37. The average Bonchev–Trinajstić information content (AvgIpc) is 3.28. The van der Waals surface area contributed by atoms with Gasteiger partial charge in [-0.05, 0) is 60.9 Å². The Bertz CT molecular complexity index is 1260. The molecule has 1 heterocycles. The molecule has 164 valence electrons. The molecule has 0 saturated heterocycles. The summed E-state index contributed by atoms with van der Waals surface area (Å²) >= 11 is 0. The lowest BCUT2D eigenvalue weighted by molar-refractivity contribution is -0.114. The molecule has 4 rings (SSSR count). The quantitative estimate of drug-likeness (QED) is 0.239. The maximum atomic E-state index is 13.1. The van der Waals surface area contributed by atoms with Crippen LogP contribution < -0.4 is 14.4 Å². The van der Waals surface area contributed by atoms with Crippen molar-refractivity contribution < 1.29 is 19.1 Å². The van der Waals surface area contributed by atoms with Crippen LogP contribution in [0.2, 0.25) is 0 Å². The number of benzene rings is 3. The van der Waals surface area contributed by atoms with Crippen molar-refractivity contribution in [1.82, 2.24) is 0 Å². The van der Waals surface area contributed by atoms with E-state index in [9.17, 15) is 14.9 Å². The Balaban J connectivity index is 1.59. The first kappa shape index (κ1) is 21.8. The molecule has 3 aromatic rings. The summed E-state index contributed by atoms with van der Waals surface area (Å²) in [4.78, 5) is 27.1. The zero-order valence-electron chi connectivity index (χ0n) is 18.2. The number of hydrogen-bond donors (Lipinski definition) is 0. The molecule has 0 aliphatic carbocycles. The fourth-order valence-electron chi connectivity index (χ4n) is 3.70. The highest BCUT2D eigenvalue weighted by atomic mass is 16.6. The number of anilines is 1. The van der Waals surface area contributed by atoms with Gasteiger partial charge in [0.1, 0.15) is 11.6 Å². The van der Waals surface area contributed by atoms with E-state index in [4.69, 9.17) is 9.47 Å². The number of esters is 1. The van der Waals surface area contributed by atoms with E-state index in [1.54, 1.807) is 47.4 Å². The van der Waals surface area contributed by atoms with Crippen molar-refractivity contribution in [1.29, 1.82) is 5.26 Å². The first-order valence-corrected chi connectivity index (χ1v) is 10.7. The number of fused-ring (bicyclic) bond motifs is 1. The van der Waals surface area contributed by atoms with Crippen molar-refractivity contribution in [2.24, 2.45) is 0 Å². The summed E-state index contributed by atoms with van der Waals surface area (Å²) in [6.45, 7) is 2.72. The predicted molar refractivity (Wildman–Crippen MR) is 125 cm³/mol. The lowest BCUT2D eigenvalue weighted by Crippen LogP contribution is -2.29. The Morgan fingerprint density at radius 3 is 2.55 bits per heavy atom. The molecular weight excluding hydrogens is 416 g/mol. The standard InChI is InChI=1S/C27H22N2O4/c1-2-32-25-17-19(12-13-24(25)33-27(31)21-9-4-3-5-10-21)16-22(18-28)26(30)29-15-14-20-8-6-7-11-23(20)29/h3-13,16-17H,2,14-15H2,1H3/b22-16+. The summed E-state index contributed by atoms with van der Waals surface area (Å²) < 4.78 is 11.2. The third-order valence-corrected chi connectivity index (χ3v) is 5.27. The van der Waals surface area contributed by atoms with Gasteiger partial charge in [-0.15, -0.1) is 0 Å². The Morgan fingerprint density at radius 1 is 1.03 bits per heavy atom. The number of carbonyl (C=O) groups excluding carboxylic acids is 2. The van der Waals surface area contributed by atoms with Crippen molar-refractivity contribution in [2.75, 3.05) is 18.1 Å². The van der Waals surface area contributed by atoms with Crippen molar-refractivity contribution >= 4 is 23.6 Å². The Kier molecular flexibility index (Phi) is 6.51. The number of carbonyl (C=O) groups is 2. The lowest BCUT2D eigenvalue weighted by Gasteiger charge is -2.16. The highest BCUT2D eigenvalue weighted by Gasteiger charge is 2.26. The van der Waals surface area contributed by atoms with Gasteiger partial charge in [0.15, 0.2) is 11.5 Å². The zero-order valence-corrected chi connectivity index (χ0v) is 18.2. The number of rotatable bonds is 6. The lowest BCUT2D eigenvalue weighted by atomic mass is 10.1. The molecule has 6 heteroatoms. The smallest absolute Gasteiger partial charge is 0.343 e. The molecule has 0 saturated carbocycles. The van der Waals surface area contributed by atoms with Crippen LogP contribution in [-0.4, -0.2) is 25.0 Å². The molecule has 3 aromatic carbocycles. The number of ether oxygens (including phenoxy) is 2. The molecule has 33 heavy (non-hydrogen) atoms. The van der Waals surface area contributed by atoms with E-state index >= 15 is 0 Å². The van der Waals surface area contributed by atoms with E-state index in [0.29, 0.717) is 30.0 Å². The minimum Gasteiger partial charge on any atom is -0.490 e. The molecule has 1 aliphatic rings. The van der Waals surface area contributed by atoms with Crippen molar-refractivity contribution in [3.05, 3.63) is 95.1 Å². The molecular formula is C27H22N2O4. The van der Waals surface area contributed by atoms with Crippen LogP contribution in [0, 0.1) is 11.3 Å². The van der Waals surface area contributed by atoms with E-state index in [2.05, 4.69) is 0 Å². The van der Waals surface area contributed by atoms with Crippen LogP contribution in [0.4, 0.5) is 5.69 Å². The van der Waals surface area contributed by atoms with E-state index < -0.39 is 5.97 Å². The van der Waals surface area contributed by atoms with Gasteiger partial charge in [-0.2, -0.15) is 5.26 Å². The third-order valence-electron chi connectivity index (χ3n) is 5.27.